The molecule has 1 heterocycles. The number of aromatic amines is 1. The maximum Gasteiger partial charge on any atom is 0.235 e. The van der Waals surface area contributed by atoms with Crippen LogP contribution in [0, 0.1) is 0 Å². The molecule has 3 rings (SSSR count). The Hall–Kier alpha value is -3.62. The highest BCUT2D eigenvalue weighted by molar-refractivity contribution is 5.96. The molecule has 1 aromatic heterocycles. The molecule has 0 aliphatic heterocycles. The fourth-order valence-electron chi connectivity index (χ4n) is 2.95. The maximum absolute atomic E-state index is 13.2. The van der Waals surface area contributed by atoms with Crippen molar-refractivity contribution in [3.05, 3.63) is 53.9 Å². The van der Waals surface area contributed by atoms with Gasteiger partial charge in [0, 0.05) is 0 Å². The van der Waals surface area contributed by atoms with Crippen LogP contribution >= 0.6 is 0 Å². The van der Waals surface area contributed by atoms with E-state index < -0.39 is 5.92 Å². The monoisotopic (exact) mass is 397 g/mol. The van der Waals surface area contributed by atoms with E-state index in [4.69, 9.17) is 14.2 Å². The summed E-state index contributed by atoms with van der Waals surface area (Å²) in [6, 6.07) is 12.7. The van der Waals surface area contributed by atoms with Crippen molar-refractivity contribution >= 4 is 11.6 Å². The number of benzene rings is 2. The van der Waals surface area contributed by atoms with Gasteiger partial charge in [0.25, 0.3) is 0 Å². The molecule has 3 aromatic rings. The minimum absolute atomic E-state index is 0.279. The first-order valence-electron chi connectivity index (χ1n) is 9.13. The van der Waals surface area contributed by atoms with Crippen LogP contribution in [0.2, 0.25) is 0 Å². The van der Waals surface area contributed by atoms with Gasteiger partial charge in [0.1, 0.15) is 23.2 Å². The van der Waals surface area contributed by atoms with E-state index >= 15 is 0 Å². The summed E-state index contributed by atoms with van der Waals surface area (Å²) in [5.41, 5.74) is 1.36. The number of H-pyrrole nitrogens is 1. The maximum atomic E-state index is 13.2. The summed E-state index contributed by atoms with van der Waals surface area (Å²) in [5, 5.41) is 17.0. The first-order valence-corrected chi connectivity index (χ1v) is 9.13. The average molecular weight is 397 g/mol. The van der Waals surface area contributed by atoms with Crippen LogP contribution in [0.15, 0.2) is 42.5 Å². The molecule has 1 unspecified atom stereocenters. The van der Waals surface area contributed by atoms with Crippen LogP contribution < -0.4 is 19.5 Å². The van der Waals surface area contributed by atoms with Gasteiger partial charge in [0.15, 0.2) is 5.82 Å². The molecule has 29 heavy (non-hydrogen) atoms. The first kappa shape index (κ1) is 20.1. The zero-order valence-electron chi connectivity index (χ0n) is 16.5. The summed E-state index contributed by atoms with van der Waals surface area (Å²) in [6.45, 7) is 2.37. The number of rotatable bonds is 9. The summed E-state index contributed by atoms with van der Waals surface area (Å²) in [7, 11) is 3.16. The van der Waals surface area contributed by atoms with Crippen molar-refractivity contribution in [3.8, 4) is 17.2 Å². The third-order valence-electron chi connectivity index (χ3n) is 4.35. The van der Waals surface area contributed by atoms with Crippen LogP contribution in [0.3, 0.4) is 0 Å². The number of ether oxygens (including phenoxy) is 3. The Morgan fingerprint density at radius 2 is 1.97 bits per heavy atom. The number of carbonyl (C=O) groups is 1. The van der Waals surface area contributed by atoms with E-state index in [1.807, 2.05) is 25.1 Å². The summed E-state index contributed by atoms with van der Waals surface area (Å²) >= 11 is 0. The molecule has 0 aliphatic carbocycles. The molecule has 152 valence electrons. The molecule has 1 atom stereocenters. The van der Waals surface area contributed by atoms with E-state index in [1.54, 1.807) is 38.5 Å². The lowest BCUT2D eigenvalue weighted by atomic mass is 9.96. The van der Waals surface area contributed by atoms with Gasteiger partial charge in [-0.25, -0.2) is 0 Å². The lowest BCUT2D eigenvalue weighted by Crippen LogP contribution is -2.24. The van der Waals surface area contributed by atoms with E-state index in [9.17, 15) is 4.79 Å². The van der Waals surface area contributed by atoms with Crippen molar-refractivity contribution < 1.29 is 19.0 Å². The van der Waals surface area contributed by atoms with Gasteiger partial charge in [0.05, 0.1) is 26.5 Å². The molecule has 9 nitrogen and oxygen atoms in total. The zero-order chi connectivity index (χ0) is 20.6. The Morgan fingerprint density at radius 3 is 2.66 bits per heavy atom. The largest absolute Gasteiger partial charge is 0.497 e. The Morgan fingerprint density at radius 1 is 1.14 bits per heavy atom. The summed E-state index contributed by atoms with van der Waals surface area (Å²) in [4.78, 5) is 13.2. The number of nitrogens with one attached hydrogen (secondary N) is 2. The topological polar surface area (TPSA) is 111 Å². The molecular formula is C20H23N5O4. The lowest BCUT2D eigenvalue weighted by Gasteiger charge is -2.17. The summed E-state index contributed by atoms with van der Waals surface area (Å²) < 4.78 is 16.3. The van der Waals surface area contributed by atoms with Crippen LogP contribution in [0.1, 0.15) is 24.2 Å². The minimum Gasteiger partial charge on any atom is -0.497 e. The number of carbonyl (C=O) groups excluding carboxylic acids is 1. The lowest BCUT2D eigenvalue weighted by molar-refractivity contribution is -0.117. The third-order valence-corrected chi connectivity index (χ3v) is 4.35. The molecule has 1 amide bonds. The van der Waals surface area contributed by atoms with Crippen LogP contribution in [0.4, 0.5) is 5.69 Å². The van der Waals surface area contributed by atoms with E-state index in [2.05, 4.69) is 25.9 Å². The highest BCUT2D eigenvalue weighted by Gasteiger charge is 2.27. The average Bonchev–Trinajstić information content (AvgIpc) is 3.27. The highest BCUT2D eigenvalue weighted by atomic mass is 16.5. The molecule has 9 heteroatoms. The summed E-state index contributed by atoms with van der Waals surface area (Å²) in [5.74, 6) is 1.18. The molecule has 0 spiro atoms. The van der Waals surface area contributed by atoms with E-state index in [0.29, 0.717) is 36.0 Å². The second-order valence-corrected chi connectivity index (χ2v) is 6.12. The molecule has 0 saturated carbocycles. The number of methoxy groups -OCH3 is 2. The fraction of sp³-hybridized carbons (Fsp3) is 0.300. The molecule has 0 radical (unpaired) electrons. The molecular weight excluding hydrogens is 374 g/mol. The number of amides is 1. The van der Waals surface area contributed by atoms with Crippen molar-refractivity contribution in [1.29, 1.82) is 0 Å². The van der Waals surface area contributed by atoms with Crippen molar-refractivity contribution in [2.24, 2.45) is 0 Å². The van der Waals surface area contributed by atoms with Gasteiger partial charge < -0.3 is 19.5 Å². The van der Waals surface area contributed by atoms with Gasteiger partial charge in [-0.15, -0.1) is 10.2 Å². The molecule has 0 fully saturated rings. The molecule has 0 saturated heterocycles. The molecule has 2 N–H and O–H groups in total. The second-order valence-electron chi connectivity index (χ2n) is 6.12. The van der Waals surface area contributed by atoms with Gasteiger partial charge in [0.2, 0.25) is 5.91 Å². The number of hydrogen-bond acceptors (Lipinski definition) is 7. The number of nitrogens with zero attached hydrogens (tertiary/aromatic N) is 3. The van der Waals surface area contributed by atoms with Gasteiger partial charge in [-0.1, -0.05) is 17.3 Å². The van der Waals surface area contributed by atoms with E-state index in [0.717, 1.165) is 5.56 Å². The predicted molar refractivity (Wildman–Crippen MR) is 106 cm³/mol. The Labute approximate surface area is 168 Å². The predicted octanol–water partition coefficient (Wildman–Crippen LogP) is 2.58. The normalized spacial score (nSPS) is 11.6. The number of anilines is 1. The number of hydrogen-bond donors (Lipinski definition) is 2. The van der Waals surface area contributed by atoms with Crippen LogP contribution in [0.25, 0.3) is 0 Å². The van der Waals surface area contributed by atoms with Gasteiger partial charge in [-0.05, 0) is 49.2 Å². The third kappa shape index (κ3) is 4.81. The smallest absolute Gasteiger partial charge is 0.235 e. The Kier molecular flexibility index (Phi) is 6.62. The number of aromatic nitrogens is 4. The van der Waals surface area contributed by atoms with Crippen LogP contribution in [-0.4, -0.2) is 47.4 Å². The standard InChI is InChI=1S/C20H23N5O4/c1-4-29-18-8-6-5-7-16(18)21-20(26)15(19-22-24-25-23-19)12-13-11-14(27-2)9-10-17(13)28-3/h5-11,15H,4,12H2,1-3H3,(H,21,26)(H,22,23,24,25). The SMILES string of the molecule is CCOc1ccccc1NC(=O)C(Cc1cc(OC)ccc1OC)c1nn[nH]n1. The van der Waals surface area contributed by atoms with Crippen molar-refractivity contribution in [2.75, 3.05) is 26.1 Å². The zero-order valence-corrected chi connectivity index (χ0v) is 16.5. The highest BCUT2D eigenvalue weighted by Crippen LogP contribution is 2.30. The molecule has 0 bridgehead atoms. The van der Waals surface area contributed by atoms with Crippen molar-refractivity contribution in [2.45, 2.75) is 19.3 Å². The first-order chi connectivity index (χ1) is 14.2. The molecule has 0 aliphatic rings. The number of para-hydroxylation sites is 2. The Bertz CT molecular complexity index is 946. The minimum atomic E-state index is -0.704. The van der Waals surface area contributed by atoms with E-state index in [-0.39, 0.29) is 11.7 Å². The number of tetrazole rings is 1. The Balaban J connectivity index is 1.90. The second kappa shape index (κ2) is 9.54. The summed E-state index contributed by atoms with van der Waals surface area (Å²) in [6.07, 6.45) is 0.294. The fourth-order valence-corrected chi connectivity index (χ4v) is 2.95. The molecule has 2 aromatic carbocycles. The van der Waals surface area contributed by atoms with Crippen molar-refractivity contribution in [1.82, 2.24) is 20.6 Å². The van der Waals surface area contributed by atoms with Gasteiger partial charge >= 0.3 is 0 Å². The van der Waals surface area contributed by atoms with Crippen LogP contribution in [-0.2, 0) is 11.2 Å². The van der Waals surface area contributed by atoms with Crippen molar-refractivity contribution in [3.63, 3.8) is 0 Å². The van der Waals surface area contributed by atoms with E-state index in [1.165, 1.54) is 0 Å². The van der Waals surface area contributed by atoms with Crippen LogP contribution in [0.5, 0.6) is 17.2 Å². The van der Waals surface area contributed by atoms with Gasteiger partial charge in [-0.2, -0.15) is 5.21 Å². The quantitative estimate of drug-likeness (QED) is 0.571. The van der Waals surface area contributed by atoms with Gasteiger partial charge in [-0.3, -0.25) is 4.79 Å².